The molecule has 0 aromatic carbocycles. The van der Waals surface area contributed by atoms with Gasteiger partial charge in [-0.1, -0.05) is 6.92 Å². The Labute approximate surface area is 106 Å². The summed E-state index contributed by atoms with van der Waals surface area (Å²) in [4.78, 5) is 19.2. The Bertz CT molecular complexity index is 385. The summed E-state index contributed by atoms with van der Waals surface area (Å²) in [5, 5.41) is 12.0. The van der Waals surface area contributed by atoms with Crippen molar-refractivity contribution in [3.05, 3.63) is 18.1 Å². The lowest BCUT2D eigenvalue weighted by Crippen LogP contribution is -2.10. The Morgan fingerprint density at radius 2 is 2.33 bits per heavy atom. The monoisotopic (exact) mass is 253 g/mol. The Balaban J connectivity index is 2.40. The van der Waals surface area contributed by atoms with Gasteiger partial charge in [0.25, 0.3) is 0 Å². The highest BCUT2D eigenvalue weighted by molar-refractivity contribution is 5.87. The van der Waals surface area contributed by atoms with Crippen molar-refractivity contribution in [1.29, 1.82) is 0 Å². The number of ether oxygens (including phenoxy) is 1. The highest BCUT2D eigenvalue weighted by Gasteiger charge is 2.08. The fraction of sp³-hybridized carbons (Fsp3) is 0.583. The van der Waals surface area contributed by atoms with Crippen LogP contribution in [0.3, 0.4) is 0 Å². The first-order valence-corrected chi connectivity index (χ1v) is 5.92. The molecular weight excluding hydrogens is 234 g/mol. The van der Waals surface area contributed by atoms with E-state index in [1.807, 2.05) is 6.92 Å². The van der Waals surface area contributed by atoms with Crippen LogP contribution in [0.25, 0.3) is 0 Å². The van der Waals surface area contributed by atoms with Crippen LogP contribution < -0.4 is 5.32 Å². The van der Waals surface area contributed by atoms with Gasteiger partial charge < -0.3 is 15.2 Å². The van der Waals surface area contributed by atoms with E-state index < -0.39 is 5.97 Å². The summed E-state index contributed by atoms with van der Waals surface area (Å²) in [5.41, 5.74) is 0.186. The number of aliphatic hydroxyl groups is 1. The fourth-order valence-corrected chi connectivity index (χ4v) is 1.41. The van der Waals surface area contributed by atoms with Crippen LogP contribution in [0.5, 0.6) is 0 Å². The van der Waals surface area contributed by atoms with Crippen LogP contribution in [0.4, 0.5) is 5.82 Å². The molecule has 0 fully saturated rings. The molecular formula is C12H19N3O3. The molecule has 1 unspecified atom stereocenters. The second kappa shape index (κ2) is 7.60. The molecule has 0 spiro atoms. The van der Waals surface area contributed by atoms with Gasteiger partial charge in [-0.2, -0.15) is 0 Å². The quantitative estimate of drug-likeness (QED) is 0.559. The molecule has 0 aliphatic rings. The zero-order chi connectivity index (χ0) is 13.4. The van der Waals surface area contributed by atoms with Gasteiger partial charge in [0.15, 0.2) is 5.69 Å². The Kier molecular flexibility index (Phi) is 6.07. The van der Waals surface area contributed by atoms with Gasteiger partial charge in [0.1, 0.15) is 5.82 Å². The van der Waals surface area contributed by atoms with E-state index in [0.29, 0.717) is 11.7 Å². The molecule has 6 heteroatoms. The summed E-state index contributed by atoms with van der Waals surface area (Å²) in [6.45, 7) is 2.93. The van der Waals surface area contributed by atoms with Crippen LogP contribution in [0.2, 0.25) is 0 Å². The standard InChI is InChI=1S/C12H19N3O3/c1-9(8-16)4-3-5-14-11-7-13-6-10(15-11)12(17)18-2/h6-7,9,16H,3-5,8H2,1-2H3,(H,14,15). The predicted octanol–water partition coefficient (Wildman–Crippen LogP) is 1.08. The molecule has 1 rings (SSSR count). The van der Waals surface area contributed by atoms with Crippen LogP contribution in [-0.2, 0) is 4.74 Å². The minimum atomic E-state index is -0.500. The third-order valence-corrected chi connectivity index (χ3v) is 2.52. The second-order valence-corrected chi connectivity index (χ2v) is 4.14. The minimum Gasteiger partial charge on any atom is -0.464 e. The summed E-state index contributed by atoms with van der Waals surface area (Å²) >= 11 is 0. The Morgan fingerprint density at radius 3 is 3.00 bits per heavy atom. The topological polar surface area (TPSA) is 84.3 Å². The maximum atomic E-state index is 11.2. The molecule has 0 amide bonds. The molecule has 0 radical (unpaired) electrons. The highest BCUT2D eigenvalue weighted by atomic mass is 16.5. The summed E-state index contributed by atoms with van der Waals surface area (Å²) in [5.74, 6) is 0.355. The van der Waals surface area contributed by atoms with E-state index in [1.165, 1.54) is 13.3 Å². The average molecular weight is 253 g/mol. The van der Waals surface area contributed by atoms with Crippen molar-refractivity contribution in [2.45, 2.75) is 19.8 Å². The van der Waals surface area contributed by atoms with Gasteiger partial charge in [-0.3, -0.25) is 4.98 Å². The van der Waals surface area contributed by atoms with Crippen LogP contribution >= 0.6 is 0 Å². The maximum absolute atomic E-state index is 11.2. The Morgan fingerprint density at radius 1 is 1.56 bits per heavy atom. The Hall–Kier alpha value is -1.69. The third kappa shape index (κ3) is 4.67. The van der Waals surface area contributed by atoms with Crippen molar-refractivity contribution in [1.82, 2.24) is 9.97 Å². The van der Waals surface area contributed by atoms with E-state index in [9.17, 15) is 4.79 Å². The molecule has 2 N–H and O–H groups in total. The first-order chi connectivity index (χ1) is 8.67. The number of anilines is 1. The number of methoxy groups -OCH3 is 1. The zero-order valence-electron chi connectivity index (χ0n) is 10.7. The summed E-state index contributed by atoms with van der Waals surface area (Å²) in [6, 6.07) is 0. The van der Waals surface area contributed by atoms with Crippen molar-refractivity contribution in [2.24, 2.45) is 5.92 Å². The molecule has 0 bridgehead atoms. The molecule has 1 heterocycles. The lowest BCUT2D eigenvalue weighted by molar-refractivity contribution is 0.0593. The minimum absolute atomic E-state index is 0.186. The largest absolute Gasteiger partial charge is 0.464 e. The van der Waals surface area contributed by atoms with Crippen LogP contribution in [-0.4, -0.2) is 41.3 Å². The van der Waals surface area contributed by atoms with Gasteiger partial charge in [-0.05, 0) is 18.8 Å². The lowest BCUT2D eigenvalue weighted by Gasteiger charge is -2.09. The van der Waals surface area contributed by atoms with Crippen molar-refractivity contribution in [2.75, 3.05) is 25.6 Å². The summed E-state index contributed by atoms with van der Waals surface area (Å²) in [6.07, 6.45) is 4.78. The molecule has 0 saturated heterocycles. The van der Waals surface area contributed by atoms with Crippen molar-refractivity contribution in [3.63, 3.8) is 0 Å². The van der Waals surface area contributed by atoms with E-state index in [4.69, 9.17) is 5.11 Å². The molecule has 1 aromatic heterocycles. The maximum Gasteiger partial charge on any atom is 0.358 e. The number of rotatable bonds is 7. The van der Waals surface area contributed by atoms with E-state index in [2.05, 4.69) is 20.0 Å². The number of nitrogens with zero attached hydrogens (tertiary/aromatic N) is 2. The molecule has 0 aliphatic heterocycles. The molecule has 100 valence electrons. The SMILES string of the molecule is COC(=O)c1cncc(NCCCC(C)CO)n1. The van der Waals surface area contributed by atoms with Crippen LogP contribution in [0.1, 0.15) is 30.3 Å². The predicted molar refractivity (Wildman–Crippen MR) is 67.3 cm³/mol. The van der Waals surface area contributed by atoms with Gasteiger partial charge in [0.05, 0.1) is 19.5 Å². The molecule has 0 aliphatic carbocycles. The van der Waals surface area contributed by atoms with E-state index in [1.54, 1.807) is 6.20 Å². The van der Waals surface area contributed by atoms with Gasteiger partial charge in [0, 0.05) is 13.2 Å². The van der Waals surface area contributed by atoms with E-state index in [-0.39, 0.29) is 12.3 Å². The van der Waals surface area contributed by atoms with Crippen molar-refractivity contribution >= 4 is 11.8 Å². The number of aromatic nitrogens is 2. The van der Waals surface area contributed by atoms with Gasteiger partial charge in [-0.15, -0.1) is 0 Å². The van der Waals surface area contributed by atoms with Crippen LogP contribution in [0.15, 0.2) is 12.4 Å². The molecule has 18 heavy (non-hydrogen) atoms. The molecule has 0 saturated carbocycles. The normalized spacial score (nSPS) is 11.9. The first kappa shape index (κ1) is 14.4. The smallest absolute Gasteiger partial charge is 0.358 e. The molecule has 1 atom stereocenters. The van der Waals surface area contributed by atoms with Gasteiger partial charge in [0.2, 0.25) is 0 Å². The number of carbonyl (C=O) groups is 1. The number of nitrogens with one attached hydrogen (secondary N) is 1. The first-order valence-electron chi connectivity index (χ1n) is 5.92. The highest BCUT2D eigenvalue weighted by Crippen LogP contribution is 2.06. The van der Waals surface area contributed by atoms with E-state index >= 15 is 0 Å². The molecule has 1 aromatic rings. The number of hydrogen-bond acceptors (Lipinski definition) is 6. The fourth-order valence-electron chi connectivity index (χ4n) is 1.41. The van der Waals surface area contributed by atoms with Crippen molar-refractivity contribution in [3.8, 4) is 0 Å². The number of esters is 1. The number of aliphatic hydroxyl groups excluding tert-OH is 1. The summed E-state index contributed by atoms with van der Waals surface area (Å²) < 4.78 is 4.57. The lowest BCUT2D eigenvalue weighted by atomic mass is 10.1. The average Bonchev–Trinajstić information content (AvgIpc) is 2.42. The van der Waals surface area contributed by atoms with Gasteiger partial charge in [-0.25, -0.2) is 9.78 Å². The summed E-state index contributed by atoms with van der Waals surface area (Å²) in [7, 11) is 1.31. The molecule has 6 nitrogen and oxygen atoms in total. The number of hydrogen-bond donors (Lipinski definition) is 2. The third-order valence-electron chi connectivity index (χ3n) is 2.52. The zero-order valence-corrected chi connectivity index (χ0v) is 10.7. The van der Waals surface area contributed by atoms with Gasteiger partial charge >= 0.3 is 5.97 Å². The van der Waals surface area contributed by atoms with Crippen molar-refractivity contribution < 1.29 is 14.6 Å². The van der Waals surface area contributed by atoms with E-state index in [0.717, 1.165) is 19.4 Å². The number of carbonyl (C=O) groups excluding carboxylic acids is 1. The van der Waals surface area contributed by atoms with Crippen LogP contribution in [0, 0.1) is 5.92 Å². The second-order valence-electron chi connectivity index (χ2n) is 4.14.